The number of amides is 1. The number of ether oxygens (including phenoxy) is 1. The third-order valence-electron chi connectivity index (χ3n) is 4.76. The largest absolute Gasteiger partial charge is 0.477 e. The number of carboxylic acids is 1. The lowest BCUT2D eigenvalue weighted by atomic mass is 9.86. The highest BCUT2D eigenvalue weighted by atomic mass is 32.2. The van der Waals surface area contributed by atoms with Crippen molar-refractivity contribution in [2.75, 3.05) is 19.4 Å². The van der Waals surface area contributed by atoms with Gasteiger partial charge in [0.2, 0.25) is 0 Å². The van der Waals surface area contributed by atoms with E-state index in [1.165, 1.54) is 28.4 Å². The zero-order chi connectivity index (χ0) is 20.1. The molecule has 2 aliphatic rings. The van der Waals surface area contributed by atoms with Gasteiger partial charge in [0.25, 0.3) is 5.91 Å². The molecule has 3 heterocycles. The number of aromatic nitrogens is 2. The molecular weight excluding hydrogens is 400 g/mol. The topological polar surface area (TPSA) is 105 Å². The van der Waals surface area contributed by atoms with E-state index < -0.39 is 16.9 Å². The average molecular weight is 425 g/mol. The van der Waals surface area contributed by atoms with Crippen LogP contribution in [0.3, 0.4) is 0 Å². The van der Waals surface area contributed by atoms with Crippen LogP contribution in [0.1, 0.15) is 26.2 Å². The first kappa shape index (κ1) is 21.1. The fourth-order valence-corrected chi connectivity index (χ4v) is 5.92. The molecule has 28 heavy (non-hydrogen) atoms. The van der Waals surface area contributed by atoms with Crippen LogP contribution in [0.2, 0.25) is 0 Å². The molecule has 0 aromatic carbocycles. The summed E-state index contributed by atoms with van der Waals surface area (Å²) >= 11 is 2.85. The molecule has 1 aromatic heterocycles. The Kier molecular flexibility index (Phi) is 6.97. The van der Waals surface area contributed by atoms with Crippen molar-refractivity contribution < 1.29 is 19.4 Å². The Morgan fingerprint density at radius 3 is 3.00 bits per heavy atom. The summed E-state index contributed by atoms with van der Waals surface area (Å²) in [6, 6.07) is 0. The van der Waals surface area contributed by atoms with E-state index in [-0.39, 0.29) is 17.0 Å². The SMILES string of the molecule is CCCCCN[C@]1([C@H](OC)Sc2cnccn2)C(=O)N2C(C(=O)O)=CCS[C@H]21. The summed E-state index contributed by atoms with van der Waals surface area (Å²) in [5.74, 6) is -0.840. The van der Waals surface area contributed by atoms with E-state index in [1.807, 2.05) is 0 Å². The van der Waals surface area contributed by atoms with Crippen LogP contribution in [0.4, 0.5) is 0 Å². The lowest BCUT2D eigenvalue weighted by Gasteiger charge is -2.58. The van der Waals surface area contributed by atoms with Gasteiger partial charge in [0, 0.05) is 25.3 Å². The maximum atomic E-state index is 13.3. The van der Waals surface area contributed by atoms with Crippen LogP contribution < -0.4 is 5.32 Å². The van der Waals surface area contributed by atoms with Crippen LogP contribution in [0.15, 0.2) is 35.4 Å². The molecule has 0 aliphatic carbocycles. The quantitative estimate of drug-likeness (QED) is 0.252. The standard InChI is InChI=1S/C18H24N4O4S2/c1-3-4-5-7-21-18(17(26-2)28-13-11-19-8-9-20-13)15(25)22-12(14(23)24)6-10-27-16(18)22/h6,8-9,11,16-17,21H,3-5,7,10H2,1-2H3,(H,23,24)/t16-,17+,18+/m0/s1. The number of thioether (sulfide) groups is 2. The Morgan fingerprint density at radius 1 is 1.54 bits per heavy atom. The summed E-state index contributed by atoms with van der Waals surface area (Å²) in [6.45, 7) is 2.77. The van der Waals surface area contributed by atoms with Crippen molar-refractivity contribution in [1.29, 1.82) is 0 Å². The summed E-state index contributed by atoms with van der Waals surface area (Å²) in [7, 11) is 1.56. The number of nitrogens with one attached hydrogen (secondary N) is 1. The molecule has 0 unspecified atom stereocenters. The maximum absolute atomic E-state index is 13.3. The third-order valence-corrected chi connectivity index (χ3v) is 7.25. The number of aliphatic carboxylic acids is 1. The predicted octanol–water partition coefficient (Wildman–Crippen LogP) is 1.94. The van der Waals surface area contributed by atoms with Gasteiger partial charge in [0.1, 0.15) is 21.5 Å². The molecule has 2 aliphatic heterocycles. The van der Waals surface area contributed by atoms with Gasteiger partial charge in [0.05, 0.1) is 6.20 Å². The number of β-lactam (4-membered cyclic amide) rings is 1. The minimum atomic E-state index is -1.09. The number of carboxylic acid groups (broad SMARTS) is 1. The van der Waals surface area contributed by atoms with Crippen LogP contribution in [0.5, 0.6) is 0 Å². The summed E-state index contributed by atoms with van der Waals surface area (Å²) in [5, 5.41) is 13.2. The van der Waals surface area contributed by atoms with Gasteiger partial charge in [-0.25, -0.2) is 9.78 Å². The van der Waals surface area contributed by atoms with E-state index in [4.69, 9.17) is 4.74 Å². The average Bonchev–Trinajstić information content (AvgIpc) is 2.72. The molecule has 152 valence electrons. The highest BCUT2D eigenvalue weighted by molar-refractivity contribution is 8.01. The van der Waals surface area contributed by atoms with Crippen molar-refractivity contribution in [3.63, 3.8) is 0 Å². The molecular formula is C18H24N4O4S2. The molecule has 3 atom stereocenters. The summed E-state index contributed by atoms with van der Waals surface area (Å²) < 4.78 is 5.74. The lowest BCUT2D eigenvalue weighted by Crippen LogP contribution is -2.82. The monoisotopic (exact) mass is 424 g/mol. The van der Waals surface area contributed by atoms with Gasteiger partial charge in [-0.3, -0.25) is 20.0 Å². The van der Waals surface area contributed by atoms with Gasteiger partial charge >= 0.3 is 5.97 Å². The summed E-state index contributed by atoms with van der Waals surface area (Å²) in [4.78, 5) is 34.6. The van der Waals surface area contributed by atoms with Crippen LogP contribution in [-0.4, -0.2) is 67.6 Å². The predicted molar refractivity (Wildman–Crippen MR) is 108 cm³/mol. The first-order valence-corrected chi connectivity index (χ1v) is 11.1. The first-order chi connectivity index (χ1) is 13.6. The van der Waals surface area contributed by atoms with Gasteiger partial charge in [0.15, 0.2) is 5.54 Å². The highest BCUT2D eigenvalue weighted by Gasteiger charge is 2.67. The normalized spacial score (nSPS) is 24.9. The fourth-order valence-electron chi connectivity index (χ4n) is 3.41. The Morgan fingerprint density at radius 2 is 2.36 bits per heavy atom. The fraction of sp³-hybridized carbons (Fsp3) is 0.556. The molecule has 0 radical (unpaired) electrons. The second kappa shape index (κ2) is 9.25. The Bertz CT molecular complexity index is 748. The van der Waals surface area contributed by atoms with Crippen LogP contribution in [0, 0.1) is 0 Å². The smallest absolute Gasteiger partial charge is 0.352 e. The number of unbranched alkanes of at least 4 members (excludes halogenated alkanes) is 2. The van der Waals surface area contributed by atoms with E-state index in [9.17, 15) is 14.7 Å². The molecule has 1 amide bonds. The molecule has 1 saturated heterocycles. The van der Waals surface area contributed by atoms with E-state index in [2.05, 4.69) is 22.2 Å². The third kappa shape index (κ3) is 3.78. The van der Waals surface area contributed by atoms with Crippen LogP contribution in [0.25, 0.3) is 0 Å². The summed E-state index contributed by atoms with van der Waals surface area (Å²) in [5.41, 5.74) is -1.55. The van der Waals surface area contributed by atoms with Crippen molar-refractivity contribution in [2.24, 2.45) is 0 Å². The second-order valence-electron chi connectivity index (χ2n) is 6.49. The number of methoxy groups -OCH3 is 1. The number of rotatable bonds is 10. The van der Waals surface area contributed by atoms with Gasteiger partial charge in [-0.2, -0.15) is 0 Å². The van der Waals surface area contributed by atoms with Crippen molar-refractivity contribution in [1.82, 2.24) is 20.2 Å². The molecule has 0 spiro atoms. The summed E-state index contributed by atoms with van der Waals surface area (Å²) in [6.07, 6.45) is 9.43. The molecule has 10 heteroatoms. The molecule has 0 saturated carbocycles. The van der Waals surface area contributed by atoms with E-state index in [1.54, 1.807) is 31.8 Å². The second-order valence-corrected chi connectivity index (χ2v) is 8.68. The number of fused-ring (bicyclic) bond motifs is 1. The van der Waals surface area contributed by atoms with E-state index in [0.717, 1.165) is 19.3 Å². The van der Waals surface area contributed by atoms with Gasteiger partial charge < -0.3 is 9.84 Å². The molecule has 0 bridgehead atoms. The van der Waals surface area contributed by atoms with E-state index in [0.29, 0.717) is 17.3 Å². The van der Waals surface area contributed by atoms with Crippen molar-refractivity contribution in [3.8, 4) is 0 Å². The zero-order valence-electron chi connectivity index (χ0n) is 15.8. The number of hydrogen-bond acceptors (Lipinski definition) is 8. The number of carbonyl (C=O) groups is 2. The minimum Gasteiger partial charge on any atom is -0.477 e. The van der Waals surface area contributed by atoms with Crippen molar-refractivity contribution >= 4 is 35.4 Å². The van der Waals surface area contributed by atoms with Crippen LogP contribution >= 0.6 is 23.5 Å². The van der Waals surface area contributed by atoms with E-state index >= 15 is 0 Å². The van der Waals surface area contributed by atoms with Gasteiger partial charge in [-0.05, 0) is 19.0 Å². The highest BCUT2D eigenvalue weighted by Crippen LogP contribution is 2.49. The number of nitrogens with zero attached hydrogens (tertiary/aromatic N) is 3. The van der Waals surface area contributed by atoms with Crippen molar-refractivity contribution in [3.05, 3.63) is 30.4 Å². The zero-order valence-corrected chi connectivity index (χ0v) is 17.5. The lowest BCUT2D eigenvalue weighted by molar-refractivity contribution is -0.162. The molecule has 3 rings (SSSR count). The van der Waals surface area contributed by atoms with Crippen molar-refractivity contribution in [2.45, 2.75) is 47.6 Å². The molecule has 1 fully saturated rings. The van der Waals surface area contributed by atoms with Gasteiger partial charge in [-0.15, -0.1) is 11.8 Å². The molecule has 2 N–H and O–H groups in total. The minimum absolute atomic E-state index is 0.0408. The number of carbonyl (C=O) groups excluding carboxylic acids is 1. The molecule has 8 nitrogen and oxygen atoms in total. The molecule has 1 aromatic rings. The number of hydrogen-bond donors (Lipinski definition) is 2. The Balaban J connectivity index is 1.89. The Labute approximate surface area is 172 Å². The first-order valence-electron chi connectivity index (χ1n) is 9.15. The Hall–Kier alpha value is -1.62. The van der Waals surface area contributed by atoms with Gasteiger partial charge in [-0.1, -0.05) is 31.5 Å². The van der Waals surface area contributed by atoms with Crippen LogP contribution in [-0.2, 0) is 14.3 Å². The maximum Gasteiger partial charge on any atom is 0.352 e.